The summed E-state index contributed by atoms with van der Waals surface area (Å²) in [6.07, 6.45) is -1.57. The number of alkyl halides is 3. The van der Waals surface area contributed by atoms with Crippen LogP contribution in [0.25, 0.3) is 6.08 Å². The standard InChI is InChI=1S/C18H16F3NO/c1-13-2-4-15(5-3-13)12-22-17(23)11-8-14-6-9-16(10-7-14)18(19,20)21/h2-11H,12H2,1H3,(H,22,23)/b11-8+. The minimum atomic E-state index is -4.35. The van der Waals surface area contributed by atoms with Crippen LogP contribution in [0.1, 0.15) is 22.3 Å². The van der Waals surface area contributed by atoms with Crippen molar-refractivity contribution in [2.24, 2.45) is 0 Å². The van der Waals surface area contributed by atoms with E-state index in [4.69, 9.17) is 0 Å². The van der Waals surface area contributed by atoms with Gasteiger partial charge in [0.25, 0.3) is 0 Å². The number of aryl methyl sites for hydroxylation is 1. The second-order valence-electron chi connectivity index (χ2n) is 5.16. The van der Waals surface area contributed by atoms with Crippen molar-refractivity contribution in [1.82, 2.24) is 5.32 Å². The Bertz CT molecular complexity index is 686. The number of carbonyl (C=O) groups excluding carboxylic acids is 1. The maximum atomic E-state index is 12.4. The molecule has 0 aliphatic rings. The molecule has 0 aliphatic heterocycles. The molecule has 0 aromatic heterocycles. The molecule has 0 saturated heterocycles. The van der Waals surface area contributed by atoms with Gasteiger partial charge < -0.3 is 5.32 Å². The van der Waals surface area contributed by atoms with Crippen LogP contribution in [0.4, 0.5) is 13.2 Å². The Morgan fingerprint density at radius 3 is 2.22 bits per heavy atom. The van der Waals surface area contributed by atoms with Gasteiger partial charge in [-0.1, -0.05) is 42.0 Å². The van der Waals surface area contributed by atoms with Gasteiger partial charge >= 0.3 is 6.18 Å². The summed E-state index contributed by atoms with van der Waals surface area (Å²) in [5.74, 6) is -0.300. The van der Waals surface area contributed by atoms with E-state index in [1.165, 1.54) is 24.3 Å². The quantitative estimate of drug-likeness (QED) is 0.834. The van der Waals surface area contributed by atoms with Crippen molar-refractivity contribution < 1.29 is 18.0 Å². The van der Waals surface area contributed by atoms with E-state index in [2.05, 4.69) is 5.32 Å². The highest BCUT2D eigenvalue weighted by Gasteiger charge is 2.29. The number of carbonyl (C=O) groups is 1. The van der Waals surface area contributed by atoms with E-state index < -0.39 is 11.7 Å². The Kier molecular flexibility index (Phi) is 5.21. The molecule has 5 heteroatoms. The summed E-state index contributed by atoms with van der Waals surface area (Å²) in [5, 5.41) is 2.72. The summed E-state index contributed by atoms with van der Waals surface area (Å²) in [6.45, 7) is 2.38. The number of rotatable bonds is 4. The molecule has 1 N–H and O–H groups in total. The van der Waals surface area contributed by atoms with Crippen molar-refractivity contribution in [2.45, 2.75) is 19.6 Å². The molecule has 2 aromatic rings. The van der Waals surface area contributed by atoms with Gasteiger partial charge in [-0.05, 0) is 36.3 Å². The fourth-order valence-electron chi connectivity index (χ4n) is 1.91. The molecule has 0 radical (unpaired) electrons. The first-order valence-electron chi connectivity index (χ1n) is 7.03. The lowest BCUT2D eigenvalue weighted by Crippen LogP contribution is -2.20. The molecule has 23 heavy (non-hydrogen) atoms. The number of hydrogen-bond donors (Lipinski definition) is 1. The maximum absolute atomic E-state index is 12.4. The van der Waals surface area contributed by atoms with Gasteiger partial charge in [-0.25, -0.2) is 0 Å². The lowest BCUT2D eigenvalue weighted by atomic mass is 10.1. The molecule has 0 atom stereocenters. The second kappa shape index (κ2) is 7.13. The summed E-state index contributed by atoms with van der Waals surface area (Å²) in [4.78, 5) is 11.7. The third-order valence-electron chi connectivity index (χ3n) is 3.25. The predicted octanol–water partition coefficient (Wildman–Crippen LogP) is 4.34. The Balaban J connectivity index is 1.89. The van der Waals surface area contributed by atoms with Crippen LogP contribution >= 0.6 is 0 Å². The lowest BCUT2D eigenvalue weighted by Gasteiger charge is -2.06. The van der Waals surface area contributed by atoms with E-state index in [0.29, 0.717) is 12.1 Å². The summed E-state index contributed by atoms with van der Waals surface area (Å²) in [5.41, 5.74) is 1.94. The SMILES string of the molecule is Cc1ccc(CNC(=O)/C=C/c2ccc(C(F)(F)F)cc2)cc1. The molecule has 0 bridgehead atoms. The van der Waals surface area contributed by atoms with Crippen molar-refractivity contribution in [1.29, 1.82) is 0 Å². The van der Waals surface area contributed by atoms with Crippen molar-refractivity contribution in [3.05, 3.63) is 76.9 Å². The maximum Gasteiger partial charge on any atom is 0.416 e. The second-order valence-corrected chi connectivity index (χ2v) is 5.16. The highest BCUT2D eigenvalue weighted by molar-refractivity contribution is 5.91. The van der Waals surface area contributed by atoms with Crippen LogP contribution < -0.4 is 5.32 Å². The van der Waals surface area contributed by atoms with Gasteiger partial charge in [0.15, 0.2) is 0 Å². The number of nitrogens with one attached hydrogen (secondary N) is 1. The highest BCUT2D eigenvalue weighted by atomic mass is 19.4. The van der Waals surface area contributed by atoms with Crippen molar-refractivity contribution in [3.63, 3.8) is 0 Å². The Hall–Kier alpha value is -2.56. The smallest absolute Gasteiger partial charge is 0.348 e. The first-order valence-corrected chi connectivity index (χ1v) is 7.03. The average Bonchev–Trinajstić information content (AvgIpc) is 2.52. The molecule has 2 rings (SSSR count). The van der Waals surface area contributed by atoms with Gasteiger partial charge in [-0.2, -0.15) is 13.2 Å². The molecule has 0 saturated carbocycles. The molecule has 0 fully saturated rings. The molecule has 2 aromatic carbocycles. The zero-order valence-corrected chi connectivity index (χ0v) is 12.5. The number of hydrogen-bond acceptors (Lipinski definition) is 1. The summed E-state index contributed by atoms with van der Waals surface area (Å²) < 4.78 is 37.3. The van der Waals surface area contributed by atoms with Crippen LogP contribution in [-0.4, -0.2) is 5.91 Å². The van der Waals surface area contributed by atoms with Gasteiger partial charge in [0.2, 0.25) is 5.91 Å². The molecular formula is C18H16F3NO. The molecule has 2 nitrogen and oxygen atoms in total. The van der Waals surface area contributed by atoms with Crippen LogP contribution in [0.15, 0.2) is 54.6 Å². The molecular weight excluding hydrogens is 303 g/mol. The molecule has 1 amide bonds. The zero-order valence-electron chi connectivity index (χ0n) is 12.5. The van der Waals surface area contributed by atoms with Crippen molar-refractivity contribution in [3.8, 4) is 0 Å². The van der Waals surface area contributed by atoms with E-state index >= 15 is 0 Å². The minimum absolute atomic E-state index is 0.300. The average molecular weight is 319 g/mol. The Morgan fingerprint density at radius 2 is 1.65 bits per heavy atom. The fourth-order valence-corrected chi connectivity index (χ4v) is 1.91. The molecule has 0 unspecified atom stereocenters. The predicted molar refractivity (Wildman–Crippen MR) is 83.5 cm³/mol. The van der Waals surface area contributed by atoms with Gasteiger partial charge in [-0.3, -0.25) is 4.79 Å². The van der Waals surface area contributed by atoms with Gasteiger partial charge in [0, 0.05) is 12.6 Å². The molecule has 0 aliphatic carbocycles. The van der Waals surface area contributed by atoms with Gasteiger partial charge in [-0.15, -0.1) is 0 Å². The largest absolute Gasteiger partial charge is 0.416 e. The van der Waals surface area contributed by atoms with Crippen LogP contribution in [-0.2, 0) is 17.5 Å². The topological polar surface area (TPSA) is 29.1 Å². The van der Waals surface area contributed by atoms with E-state index in [1.807, 2.05) is 31.2 Å². The van der Waals surface area contributed by atoms with E-state index in [9.17, 15) is 18.0 Å². The third-order valence-corrected chi connectivity index (χ3v) is 3.25. The van der Waals surface area contributed by atoms with E-state index in [1.54, 1.807) is 0 Å². The minimum Gasteiger partial charge on any atom is -0.348 e. The fraction of sp³-hybridized carbons (Fsp3) is 0.167. The monoisotopic (exact) mass is 319 g/mol. The van der Waals surface area contributed by atoms with E-state index in [-0.39, 0.29) is 5.91 Å². The van der Waals surface area contributed by atoms with Crippen molar-refractivity contribution in [2.75, 3.05) is 0 Å². The van der Waals surface area contributed by atoms with Gasteiger partial charge in [0.05, 0.1) is 5.56 Å². The van der Waals surface area contributed by atoms with Crippen LogP contribution in [0.5, 0.6) is 0 Å². The summed E-state index contributed by atoms with van der Waals surface area (Å²) in [7, 11) is 0. The number of halogens is 3. The highest BCUT2D eigenvalue weighted by Crippen LogP contribution is 2.29. The van der Waals surface area contributed by atoms with E-state index in [0.717, 1.165) is 23.3 Å². The summed E-state index contributed by atoms with van der Waals surface area (Å²) in [6, 6.07) is 12.4. The Morgan fingerprint density at radius 1 is 1.04 bits per heavy atom. The first kappa shape index (κ1) is 16.8. The third kappa shape index (κ3) is 5.29. The first-order chi connectivity index (χ1) is 10.8. The molecule has 120 valence electrons. The van der Waals surface area contributed by atoms with Crippen molar-refractivity contribution >= 4 is 12.0 Å². The van der Waals surface area contributed by atoms with Crippen LogP contribution in [0.3, 0.4) is 0 Å². The normalized spacial score (nSPS) is 11.7. The molecule has 0 spiro atoms. The van der Waals surface area contributed by atoms with Crippen LogP contribution in [0, 0.1) is 6.92 Å². The number of benzene rings is 2. The lowest BCUT2D eigenvalue weighted by molar-refractivity contribution is -0.137. The zero-order chi connectivity index (χ0) is 16.9. The summed E-state index contributed by atoms with van der Waals surface area (Å²) >= 11 is 0. The number of amides is 1. The van der Waals surface area contributed by atoms with Crippen LogP contribution in [0.2, 0.25) is 0 Å². The Labute approximate surface area is 132 Å². The van der Waals surface area contributed by atoms with Gasteiger partial charge in [0.1, 0.15) is 0 Å². The molecule has 0 heterocycles.